The van der Waals surface area contributed by atoms with Gasteiger partial charge in [0.1, 0.15) is 0 Å². The highest BCUT2D eigenvalue weighted by atomic mass is 15.2. The fourth-order valence-electron chi connectivity index (χ4n) is 3.38. The zero-order chi connectivity index (χ0) is 8.13. The second-order valence-electron chi connectivity index (χ2n) is 4.85. The summed E-state index contributed by atoms with van der Waals surface area (Å²) in [5.74, 6) is 2.09. The molecule has 0 aromatic rings. The van der Waals surface area contributed by atoms with E-state index in [1.165, 1.54) is 38.8 Å². The smallest absolute Gasteiger partial charge is 0.0141 e. The molecule has 2 nitrogen and oxygen atoms in total. The fraction of sp³-hybridized carbons (Fsp3) is 1.00. The minimum atomic E-state index is 0.505. The van der Waals surface area contributed by atoms with E-state index in [0.717, 1.165) is 17.9 Å². The van der Waals surface area contributed by atoms with Gasteiger partial charge in [-0.1, -0.05) is 0 Å². The van der Waals surface area contributed by atoms with E-state index in [4.69, 9.17) is 5.73 Å². The van der Waals surface area contributed by atoms with E-state index in [-0.39, 0.29) is 0 Å². The Morgan fingerprint density at radius 3 is 2.83 bits per heavy atom. The van der Waals surface area contributed by atoms with Crippen molar-refractivity contribution in [2.24, 2.45) is 17.6 Å². The molecule has 4 atom stereocenters. The van der Waals surface area contributed by atoms with Crippen molar-refractivity contribution in [2.45, 2.75) is 37.8 Å². The first-order valence-corrected chi connectivity index (χ1v) is 5.34. The highest BCUT2D eigenvalue weighted by Crippen LogP contribution is 2.47. The summed E-state index contributed by atoms with van der Waals surface area (Å²) in [5, 5.41) is 0. The van der Waals surface area contributed by atoms with E-state index in [1.54, 1.807) is 0 Å². The average Bonchev–Trinajstić information content (AvgIpc) is 2.22. The van der Waals surface area contributed by atoms with Gasteiger partial charge in [0.05, 0.1) is 0 Å². The molecule has 2 N–H and O–H groups in total. The van der Waals surface area contributed by atoms with Gasteiger partial charge >= 0.3 is 0 Å². The lowest BCUT2D eigenvalue weighted by Crippen LogP contribution is -2.45. The molecule has 2 heterocycles. The first-order chi connectivity index (χ1) is 5.84. The molecule has 2 saturated heterocycles. The summed E-state index contributed by atoms with van der Waals surface area (Å²) in [5.41, 5.74) is 6.00. The maximum atomic E-state index is 6.00. The Kier molecular flexibility index (Phi) is 1.50. The standard InChI is InChI=1S/C10H18N2/c11-8-3-4-12-6-7-1-2-9(7)10(12)5-8/h7-10H,1-6,11H2/t7-,8?,9-,10?/m1/s1. The number of rotatable bonds is 0. The van der Waals surface area contributed by atoms with Crippen molar-refractivity contribution < 1.29 is 0 Å². The molecule has 2 aliphatic heterocycles. The Bertz CT molecular complexity index is 192. The van der Waals surface area contributed by atoms with Gasteiger partial charge in [-0.05, 0) is 44.1 Å². The van der Waals surface area contributed by atoms with Gasteiger partial charge in [0.15, 0.2) is 0 Å². The summed E-state index contributed by atoms with van der Waals surface area (Å²) in [7, 11) is 0. The second-order valence-corrected chi connectivity index (χ2v) is 4.85. The molecule has 0 aromatic heterocycles. The predicted octanol–water partition coefficient (Wildman–Crippen LogP) is 0.818. The predicted molar refractivity (Wildman–Crippen MR) is 48.8 cm³/mol. The van der Waals surface area contributed by atoms with Gasteiger partial charge in [-0.2, -0.15) is 0 Å². The van der Waals surface area contributed by atoms with Crippen LogP contribution in [0.2, 0.25) is 0 Å². The number of piperidine rings is 1. The molecule has 1 aliphatic carbocycles. The van der Waals surface area contributed by atoms with Crippen molar-refractivity contribution >= 4 is 0 Å². The number of hydrogen-bond acceptors (Lipinski definition) is 2. The lowest BCUT2D eigenvalue weighted by Gasteiger charge is -2.38. The van der Waals surface area contributed by atoms with Crippen LogP contribution in [0.3, 0.4) is 0 Å². The van der Waals surface area contributed by atoms with Gasteiger partial charge in [0.2, 0.25) is 0 Å². The van der Waals surface area contributed by atoms with Gasteiger partial charge in [-0.15, -0.1) is 0 Å². The summed E-state index contributed by atoms with van der Waals surface area (Å²) >= 11 is 0. The minimum Gasteiger partial charge on any atom is -0.328 e. The quantitative estimate of drug-likeness (QED) is 0.577. The highest BCUT2D eigenvalue weighted by molar-refractivity contribution is 5.02. The van der Waals surface area contributed by atoms with Crippen molar-refractivity contribution in [1.82, 2.24) is 4.90 Å². The molecule has 3 rings (SSSR count). The molecule has 0 bridgehead atoms. The monoisotopic (exact) mass is 166 g/mol. The van der Waals surface area contributed by atoms with Crippen LogP contribution in [0.25, 0.3) is 0 Å². The maximum absolute atomic E-state index is 6.00. The third-order valence-corrected chi connectivity index (χ3v) is 4.24. The van der Waals surface area contributed by atoms with Crippen molar-refractivity contribution in [3.05, 3.63) is 0 Å². The third-order valence-electron chi connectivity index (χ3n) is 4.24. The lowest BCUT2D eigenvalue weighted by molar-refractivity contribution is 0.137. The molecule has 3 fully saturated rings. The van der Waals surface area contributed by atoms with Crippen LogP contribution in [0.4, 0.5) is 0 Å². The molecule has 1 saturated carbocycles. The van der Waals surface area contributed by atoms with Crippen LogP contribution < -0.4 is 5.73 Å². The van der Waals surface area contributed by atoms with Crippen molar-refractivity contribution in [3.8, 4) is 0 Å². The normalized spacial score (nSPS) is 52.8. The van der Waals surface area contributed by atoms with Crippen LogP contribution in [0.1, 0.15) is 25.7 Å². The maximum Gasteiger partial charge on any atom is 0.0141 e. The van der Waals surface area contributed by atoms with Gasteiger partial charge in [0.25, 0.3) is 0 Å². The molecule has 12 heavy (non-hydrogen) atoms. The van der Waals surface area contributed by atoms with Crippen molar-refractivity contribution in [1.29, 1.82) is 0 Å². The Hall–Kier alpha value is -0.0800. The first-order valence-electron chi connectivity index (χ1n) is 5.34. The van der Waals surface area contributed by atoms with E-state index in [2.05, 4.69) is 4.90 Å². The van der Waals surface area contributed by atoms with Crippen LogP contribution in [0.5, 0.6) is 0 Å². The van der Waals surface area contributed by atoms with Gasteiger partial charge < -0.3 is 5.73 Å². The molecule has 0 spiro atoms. The Morgan fingerprint density at radius 2 is 2.08 bits per heavy atom. The SMILES string of the molecule is NC1CCN2C[C@H]3CC[C@H]3C2C1. The molecule has 0 aromatic carbocycles. The van der Waals surface area contributed by atoms with E-state index in [0.29, 0.717) is 6.04 Å². The highest BCUT2D eigenvalue weighted by Gasteiger charge is 2.48. The zero-order valence-corrected chi connectivity index (χ0v) is 7.58. The molecule has 0 amide bonds. The molecular weight excluding hydrogens is 148 g/mol. The number of hydrogen-bond donors (Lipinski definition) is 1. The molecule has 3 aliphatic rings. The second kappa shape index (κ2) is 2.46. The van der Waals surface area contributed by atoms with Gasteiger partial charge in [0, 0.05) is 18.6 Å². The Labute approximate surface area is 74.1 Å². The van der Waals surface area contributed by atoms with Gasteiger partial charge in [-0.3, -0.25) is 4.90 Å². The number of nitrogens with zero attached hydrogens (tertiary/aromatic N) is 1. The van der Waals surface area contributed by atoms with Crippen molar-refractivity contribution in [3.63, 3.8) is 0 Å². The minimum absolute atomic E-state index is 0.505. The summed E-state index contributed by atoms with van der Waals surface area (Å²) < 4.78 is 0. The summed E-state index contributed by atoms with van der Waals surface area (Å²) in [6, 6.07) is 1.39. The number of fused-ring (bicyclic) bond motifs is 3. The number of nitrogens with two attached hydrogens (primary N) is 1. The molecule has 68 valence electrons. The summed E-state index contributed by atoms with van der Waals surface area (Å²) in [6.07, 6.45) is 5.49. The summed E-state index contributed by atoms with van der Waals surface area (Å²) in [4.78, 5) is 2.70. The van der Waals surface area contributed by atoms with E-state index in [9.17, 15) is 0 Å². The van der Waals surface area contributed by atoms with Crippen LogP contribution >= 0.6 is 0 Å². The fourth-order valence-corrected chi connectivity index (χ4v) is 3.38. The molecular formula is C10H18N2. The lowest BCUT2D eigenvalue weighted by atomic mass is 9.71. The molecule has 2 unspecified atom stereocenters. The van der Waals surface area contributed by atoms with Crippen LogP contribution in [0.15, 0.2) is 0 Å². The molecule has 2 heteroatoms. The Morgan fingerprint density at radius 1 is 1.17 bits per heavy atom. The van der Waals surface area contributed by atoms with E-state index in [1.807, 2.05) is 0 Å². The van der Waals surface area contributed by atoms with Crippen molar-refractivity contribution in [2.75, 3.05) is 13.1 Å². The van der Waals surface area contributed by atoms with Crippen LogP contribution in [0, 0.1) is 11.8 Å². The average molecular weight is 166 g/mol. The van der Waals surface area contributed by atoms with E-state index >= 15 is 0 Å². The largest absolute Gasteiger partial charge is 0.328 e. The first kappa shape index (κ1) is 7.34. The summed E-state index contributed by atoms with van der Waals surface area (Å²) in [6.45, 7) is 2.67. The third kappa shape index (κ3) is 0.882. The topological polar surface area (TPSA) is 29.3 Å². The van der Waals surface area contributed by atoms with Crippen LogP contribution in [-0.2, 0) is 0 Å². The Balaban J connectivity index is 1.77. The van der Waals surface area contributed by atoms with Gasteiger partial charge in [-0.25, -0.2) is 0 Å². The van der Waals surface area contributed by atoms with Crippen LogP contribution in [-0.4, -0.2) is 30.1 Å². The van der Waals surface area contributed by atoms with E-state index < -0.39 is 0 Å². The zero-order valence-electron chi connectivity index (χ0n) is 7.58. The molecule has 0 radical (unpaired) electrons.